The Balaban J connectivity index is 1.94. The number of fused-ring (bicyclic) bond motifs is 1. The highest BCUT2D eigenvalue weighted by Crippen LogP contribution is 2.24. The maximum atomic E-state index is 10.9. The standard InChI is InChI=1S/C10H18N2O2/c1-11-4-5-12-6-8(10(13)14)2-3-9(12)7-11/h8-9H,2-7H2,1H3,(H,13,14). The van der Waals surface area contributed by atoms with Crippen molar-refractivity contribution in [3.8, 4) is 0 Å². The molecular formula is C10H18N2O2. The second-order valence-electron chi connectivity index (χ2n) is 4.52. The molecule has 0 amide bonds. The van der Waals surface area contributed by atoms with Gasteiger partial charge in [0, 0.05) is 32.2 Å². The van der Waals surface area contributed by atoms with E-state index in [2.05, 4.69) is 16.8 Å². The lowest BCUT2D eigenvalue weighted by atomic mass is 9.91. The largest absolute Gasteiger partial charge is 0.481 e. The first-order chi connectivity index (χ1) is 6.66. The van der Waals surface area contributed by atoms with E-state index in [1.807, 2.05) is 0 Å². The molecule has 0 spiro atoms. The summed E-state index contributed by atoms with van der Waals surface area (Å²) in [5.74, 6) is -0.753. The molecule has 0 aliphatic carbocycles. The molecule has 80 valence electrons. The zero-order valence-corrected chi connectivity index (χ0v) is 8.65. The van der Waals surface area contributed by atoms with Crippen LogP contribution in [0.5, 0.6) is 0 Å². The molecule has 0 aromatic rings. The van der Waals surface area contributed by atoms with Crippen LogP contribution in [0.25, 0.3) is 0 Å². The van der Waals surface area contributed by atoms with Gasteiger partial charge in [0.25, 0.3) is 0 Å². The van der Waals surface area contributed by atoms with Gasteiger partial charge in [-0.05, 0) is 19.9 Å². The van der Waals surface area contributed by atoms with Crippen LogP contribution in [-0.4, -0.2) is 60.1 Å². The van der Waals surface area contributed by atoms with Crippen LogP contribution in [0.1, 0.15) is 12.8 Å². The third-order valence-electron chi connectivity index (χ3n) is 3.46. The van der Waals surface area contributed by atoms with Gasteiger partial charge in [-0.25, -0.2) is 0 Å². The molecule has 2 rings (SSSR count). The van der Waals surface area contributed by atoms with Crippen LogP contribution in [0.3, 0.4) is 0 Å². The van der Waals surface area contributed by atoms with E-state index in [-0.39, 0.29) is 5.92 Å². The molecule has 14 heavy (non-hydrogen) atoms. The van der Waals surface area contributed by atoms with Gasteiger partial charge < -0.3 is 10.0 Å². The average Bonchev–Trinajstić information content (AvgIpc) is 2.16. The van der Waals surface area contributed by atoms with Crippen molar-refractivity contribution in [3.05, 3.63) is 0 Å². The lowest BCUT2D eigenvalue weighted by molar-refractivity contribution is -0.144. The fraction of sp³-hybridized carbons (Fsp3) is 0.900. The van der Waals surface area contributed by atoms with Crippen molar-refractivity contribution in [1.29, 1.82) is 0 Å². The third kappa shape index (κ3) is 1.91. The molecule has 2 unspecified atom stereocenters. The van der Waals surface area contributed by atoms with Gasteiger partial charge in [0.05, 0.1) is 5.92 Å². The Morgan fingerprint density at radius 1 is 1.29 bits per heavy atom. The third-order valence-corrected chi connectivity index (χ3v) is 3.46. The molecule has 2 aliphatic rings. The van der Waals surface area contributed by atoms with Gasteiger partial charge in [0.2, 0.25) is 0 Å². The highest BCUT2D eigenvalue weighted by atomic mass is 16.4. The minimum atomic E-state index is -0.623. The van der Waals surface area contributed by atoms with Crippen LogP contribution in [0, 0.1) is 5.92 Å². The van der Waals surface area contributed by atoms with E-state index in [1.54, 1.807) is 0 Å². The lowest BCUT2D eigenvalue weighted by Crippen LogP contribution is -2.56. The Morgan fingerprint density at radius 3 is 2.79 bits per heavy atom. The normalized spacial score (nSPS) is 35.2. The van der Waals surface area contributed by atoms with E-state index in [0.717, 1.165) is 39.0 Å². The molecule has 0 radical (unpaired) electrons. The van der Waals surface area contributed by atoms with E-state index in [9.17, 15) is 4.79 Å². The second kappa shape index (κ2) is 3.87. The predicted molar refractivity (Wildman–Crippen MR) is 53.2 cm³/mol. The number of carboxylic acid groups (broad SMARTS) is 1. The Hall–Kier alpha value is -0.610. The molecule has 1 N–H and O–H groups in total. The van der Waals surface area contributed by atoms with Crippen molar-refractivity contribution in [3.63, 3.8) is 0 Å². The number of rotatable bonds is 1. The van der Waals surface area contributed by atoms with Gasteiger partial charge in [-0.3, -0.25) is 9.69 Å². The molecule has 2 atom stereocenters. The zero-order chi connectivity index (χ0) is 10.1. The van der Waals surface area contributed by atoms with Gasteiger partial charge in [0.1, 0.15) is 0 Å². The zero-order valence-electron chi connectivity index (χ0n) is 8.65. The predicted octanol–water partition coefficient (Wildman–Crippen LogP) is 0.0970. The monoisotopic (exact) mass is 198 g/mol. The summed E-state index contributed by atoms with van der Waals surface area (Å²) < 4.78 is 0. The van der Waals surface area contributed by atoms with Gasteiger partial charge in [-0.1, -0.05) is 0 Å². The fourth-order valence-electron chi connectivity index (χ4n) is 2.53. The number of piperazine rings is 1. The van der Waals surface area contributed by atoms with E-state index >= 15 is 0 Å². The van der Waals surface area contributed by atoms with Gasteiger partial charge in [-0.2, -0.15) is 0 Å². The first kappa shape index (κ1) is 9.93. The number of carbonyl (C=O) groups is 1. The number of carboxylic acids is 1. The van der Waals surface area contributed by atoms with Gasteiger partial charge in [0.15, 0.2) is 0 Å². The van der Waals surface area contributed by atoms with Crippen molar-refractivity contribution in [2.45, 2.75) is 18.9 Å². The van der Waals surface area contributed by atoms with Crippen LogP contribution in [-0.2, 0) is 4.79 Å². The summed E-state index contributed by atoms with van der Waals surface area (Å²) in [6.07, 6.45) is 1.89. The number of aliphatic carboxylic acids is 1. The number of hydrogen-bond acceptors (Lipinski definition) is 3. The van der Waals surface area contributed by atoms with Crippen LogP contribution < -0.4 is 0 Å². The summed E-state index contributed by atoms with van der Waals surface area (Å²) in [6.45, 7) is 3.97. The molecule has 0 aromatic heterocycles. The first-order valence-corrected chi connectivity index (χ1v) is 5.32. The van der Waals surface area contributed by atoms with E-state index in [1.165, 1.54) is 0 Å². The van der Waals surface area contributed by atoms with Crippen molar-refractivity contribution in [1.82, 2.24) is 9.80 Å². The minimum absolute atomic E-state index is 0.130. The number of likely N-dealkylation sites (N-methyl/N-ethyl adjacent to an activating group) is 1. The molecule has 0 saturated carbocycles. The minimum Gasteiger partial charge on any atom is -0.481 e. The summed E-state index contributed by atoms with van der Waals surface area (Å²) in [5, 5.41) is 8.94. The molecule has 2 heterocycles. The highest BCUT2D eigenvalue weighted by molar-refractivity contribution is 5.70. The molecule has 0 aromatic carbocycles. The van der Waals surface area contributed by atoms with Crippen molar-refractivity contribution in [2.24, 2.45) is 5.92 Å². The van der Waals surface area contributed by atoms with Crippen molar-refractivity contribution in [2.75, 3.05) is 33.2 Å². The molecule has 4 heteroatoms. The molecule has 2 fully saturated rings. The fourth-order valence-corrected chi connectivity index (χ4v) is 2.53. The summed E-state index contributed by atoms with van der Waals surface area (Å²) in [5.41, 5.74) is 0. The second-order valence-corrected chi connectivity index (χ2v) is 4.52. The average molecular weight is 198 g/mol. The summed E-state index contributed by atoms with van der Waals surface area (Å²) >= 11 is 0. The Labute approximate surface area is 84.5 Å². The summed E-state index contributed by atoms with van der Waals surface area (Å²) in [4.78, 5) is 15.5. The maximum absolute atomic E-state index is 10.9. The Bertz CT molecular complexity index is 232. The van der Waals surface area contributed by atoms with Crippen molar-refractivity contribution >= 4 is 5.97 Å². The van der Waals surface area contributed by atoms with Gasteiger partial charge in [-0.15, -0.1) is 0 Å². The summed E-state index contributed by atoms with van der Waals surface area (Å²) in [6, 6.07) is 0.601. The molecule has 4 nitrogen and oxygen atoms in total. The first-order valence-electron chi connectivity index (χ1n) is 5.32. The summed E-state index contributed by atoms with van der Waals surface area (Å²) in [7, 11) is 2.14. The maximum Gasteiger partial charge on any atom is 0.307 e. The van der Waals surface area contributed by atoms with E-state index < -0.39 is 5.97 Å². The lowest BCUT2D eigenvalue weighted by Gasteiger charge is -2.44. The number of piperidine rings is 1. The quantitative estimate of drug-likeness (QED) is 0.649. The van der Waals surface area contributed by atoms with Crippen LogP contribution in [0.15, 0.2) is 0 Å². The highest BCUT2D eigenvalue weighted by Gasteiger charge is 2.34. The molecular weight excluding hydrogens is 180 g/mol. The molecule has 2 aliphatic heterocycles. The van der Waals surface area contributed by atoms with Crippen LogP contribution in [0.4, 0.5) is 0 Å². The van der Waals surface area contributed by atoms with E-state index in [0.29, 0.717) is 6.04 Å². The molecule has 2 saturated heterocycles. The van der Waals surface area contributed by atoms with Crippen molar-refractivity contribution < 1.29 is 9.90 Å². The Kier molecular flexibility index (Phi) is 2.74. The topological polar surface area (TPSA) is 43.8 Å². The van der Waals surface area contributed by atoms with Crippen LogP contribution in [0.2, 0.25) is 0 Å². The Morgan fingerprint density at radius 2 is 2.07 bits per heavy atom. The van der Waals surface area contributed by atoms with Gasteiger partial charge >= 0.3 is 5.97 Å². The van der Waals surface area contributed by atoms with E-state index in [4.69, 9.17) is 5.11 Å². The number of hydrogen-bond donors (Lipinski definition) is 1. The number of nitrogens with zero attached hydrogens (tertiary/aromatic N) is 2. The smallest absolute Gasteiger partial charge is 0.307 e. The van der Waals surface area contributed by atoms with Crippen LogP contribution >= 0.6 is 0 Å². The molecule has 0 bridgehead atoms. The SMILES string of the molecule is CN1CCN2CC(C(=O)O)CCC2C1.